The average molecular weight is 389 g/mol. The molecular weight excluding hydrogens is 371 g/mol. The molecule has 27 heavy (non-hydrogen) atoms. The smallest absolute Gasteiger partial charge is 0.257 e. The van der Waals surface area contributed by atoms with Crippen LogP contribution in [0.1, 0.15) is 21.7 Å². The van der Waals surface area contributed by atoms with Gasteiger partial charge in [-0.2, -0.15) is 0 Å². The summed E-state index contributed by atoms with van der Waals surface area (Å²) in [5, 5.41) is 6.71. The summed E-state index contributed by atoms with van der Waals surface area (Å²) in [4.78, 5) is 12.6. The van der Waals surface area contributed by atoms with E-state index in [1.165, 1.54) is 18.2 Å². The van der Waals surface area contributed by atoms with Crippen molar-refractivity contribution in [1.29, 1.82) is 0 Å². The van der Waals surface area contributed by atoms with E-state index >= 15 is 0 Å². The molecule has 0 aliphatic rings. The molecule has 0 spiro atoms. The zero-order valence-corrected chi connectivity index (χ0v) is 15.6. The standard InChI is InChI=1S/C20H18ClFN2O3/c1-12-5-3-6-14(11-12)26-10-9-23-20(25)17-13(2)27-24-19(17)18-15(21)7-4-8-16(18)22/h3-8,11H,9-10H2,1-2H3,(H,23,25). The Morgan fingerprint density at radius 3 is 2.78 bits per heavy atom. The maximum Gasteiger partial charge on any atom is 0.257 e. The largest absolute Gasteiger partial charge is 0.492 e. The van der Waals surface area contributed by atoms with Gasteiger partial charge in [-0.15, -0.1) is 0 Å². The Morgan fingerprint density at radius 1 is 1.26 bits per heavy atom. The number of hydrogen-bond donors (Lipinski definition) is 1. The van der Waals surface area contributed by atoms with E-state index in [0.717, 1.165) is 11.3 Å². The fourth-order valence-corrected chi connectivity index (χ4v) is 2.91. The van der Waals surface area contributed by atoms with Gasteiger partial charge in [-0.3, -0.25) is 4.79 Å². The van der Waals surface area contributed by atoms with Crippen molar-refractivity contribution in [2.75, 3.05) is 13.2 Å². The molecule has 0 saturated carbocycles. The molecule has 1 heterocycles. The maximum atomic E-state index is 14.2. The zero-order valence-electron chi connectivity index (χ0n) is 14.9. The van der Waals surface area contributed by atoms with Gasteiger partial charge in [0.1, 0.15) is 35.2 Å². The first kappa shape index (κ1) is 18.9. The Labute approximate surface area is 161 Å². The average Bonchev–Trinajstić information content (AvgIpc) is 3.00. The predicted molar refractivity (Wildman–Crippen MR) is 101 cm³/mol. The normalized spacial score (nSPS) is 10.7. The third-order valence-corrected chi connectivity index (χ3v) is 4.25. The van der Waals surface area contributed by atoms with Crippen molar-refractivity contribution in [2.24, 2.45) is 0 Å². The number of aryl methyl sites for hydroxylation is 2. The number of ether oxygens (including phenoxy) is 1. The Balaban J connectivity index is 1.70. The summed E-state index contributed by atoms with van der Waals surface area (Å²) >= 11 is 6.08. The fraction of sp³-hybridized carbons (Fsp3) is 0.200. The molecular formula is C20H18ClFN2O3. The molecule has 0 aliphatic heterocycles. The van der Waals surface area contributed by atoms with Crippen molar-refractivity contribution in [3.8, 4) is 17.0 Å². The van der Waals surface area contributed by atoms with Gasteiger partial charge in [0.25, 0.3) is 5.91 Å². The Bertz CT molecular complexity index is 951. The predicted octanol–water partition coefficient (Wildman–Crippen LogP) is 4.56. The monoisotopic (exact) mass is 388 g/mol. The van der Waals surface area contributed by atoms with Crippen LogP contribution in [0.3, 0.4) is 0 Å². The molecule has 0 fully saturated rings. The number of halogens is 2. The molecule has 0 bridgehead atoms. The van der Waals surface area contributed by atoms with Crippen LogP contribution < -0.4 is 10.1 Å². The molecule has 0 saturated heterocycles. The third-order valence-electron chi connectivity index (χ3n) is 3.94. The second-order valence-corrected chi connectivity index (χ2v) is 6.39. The number of carbonyl (C=O) groups excluding carboxylic acids is 1. The number of aromatic nitrogens is 1. The zero-order chi connectivity index (χ0) is 19.4. The number of benzene rings is 2. The molecule has 7 heteroatoms. The van der Waals surface area contributed by atoms with E-state index in [2.05, 4.69) is 10.5 Å². The summed E-state index contributed by atoms with van der Waals surface area (Å²) < 4.78 is 24.9. The van der Waals surface area contributed by atoms with Crippen molar-refractivity contribution >= 4 is 17.5 Å². The van der Waals surface area contributed by atoms with Gasteiger partial charge in [-0.25, -0.2) is 4.39 Å². The van der Waals surface area contributed by atoms with Crippen LogP contribution >= 0.6 is 11.6 Å². The highest BCUT2D eigenvalue weighted by Gasteiger charge is 2.25. The van der Waals surface area contributed by atoms with Crippen LogP contribution in [-0.2, 0) is 0 Å². The molecule has 0 radical (unpaired) electrons. The number of nitrogens with one attached hydrogen (secondary N) is 1. The van der Waals surface area contributed by atoms with Crippen molar-refractivity contribution in [1.82, 2.24) is 10.5 Å². The highest BCUT2D eigenvalue weighted by Crippen LogP contribution is 2.33. The lowest BCUT2D eigenvalue weighted by Gasteiger charge is -2.09. The summed E-state index contributed by atoms with van der Waals surface area (Å²) in [5.74, 6) is -0.00537. The van der Waals surface area contributed by atoms with E-state index in [1.54, 1.807) is 6.92 Å². The summed E-state index contributed by atoms with van der Waals surface area (Å²) in [6.45, 7) is 4.11. The van der Waals surface area contributed by atoms with Crippen LogP contribution in [0.5, 0.6) is 5.75 Å². The van der Waals surface area contributed by atoms with E-state index in [4.69, 9.17) is 20.9 Å². The molecule has 3 rings (SSSR count). The highest BCUT2D eigenvalue weighted by atomic mass is 35.5. The lowest BCUT2D eigenvalue weighted by atomic mass is 10.0. The minimum atomic E-state index is -0.576. The molecule has 1 amide bonds. The van der Waals surface area contributed by atoms with E-state index in [0.29, 0.717) is 0 Å². The van der Waals surface area contributed by atoms with Gasteiger partial charge >= 0.3 is 0 Å². The van der Waals surface area contributed by atoms with E-state index < -0.39 is 11.7 Å². The summed E-state index contributed by atoms with van der Waals surface area (Å²) in [7, 11) is 0. The minimum Gasteiger partial charge on any atom is -0.492 e. The van der Waals surface area contributed by atoms with Gasteiger partial charge in [-0.05, 0) is 43.7 Å². The topological polar surface area (TPSA) is 64.4 Å². The molecule has 0 unspecified atom stereocenters. The minimum absolute atomic E-state index is 0.0391. The summed E-state index contributed by atoms with van der Waals surface area (Å²) in [5.41, 5.74) is 1.35. The second-order valence-electron chi connectivity index (χ2n) is 5.98. The van der Waals surface area contributed by atoms with Crippen LogP contribution in [0.15, 0.2) is 47.0 Å². The van der Waals surface area contributed by atoms with Crippen LogP contribution in [0.2, 0.25) is 5.02 Å². The first-order chi connectivity index (χ1) is 13.0. The van der Waals surface area contributed by atoms with Crippen LogP contribution in [0.4, 0.5) is 4.39 Å². The molecule has 2 aromatic carbocycles. The number of hydrogen-bond acceptors (Lipinski definition) is 4. The Hall–Kier alpha value is -2.86. The van der Waals surface area contributed by atoms with Crippen LogP contribution in [0.25, 0.3) is 11.3 Å². The van der Waals surface area contributed by atoms with Crippen molar-refractivity contribution in [3.05, 3.63) is 70.2 Å². The first-order valence-corrected chi connectivity index (χ1v) is 8.73. The van der Waals surface area contributed by atoms with Crippen molar-refractivity contribution < 1.29 is 18.4 Å². The quantitative estimate of drug-likeness (QED) is 0.629. The SMILES string of the molecule is Cc1cccc(OCCNC(=O)c2c(-c3c(F)cccc3Cl)noc2C)c1. The highest BCUT2D eigenvalue weighted by molar-refractivity contribution is 6.33. The number of carbonyl (C=O) groups is 1. The van der Waals surface area contributed by atoms with Crippen LogP contribution in [-0.4, -0.2) is 24.2 Å². The van der Waals surface area contributed by atoms with Crippen molar-refractivity contribution in [3.63, 3.8) is 0 Å². The fourth-order valence-electron chi connectivity index (χ4n) is 2.66. The van der Waals surface area contributed by atoms with Gasteiger partial charge in [0.05, 0.1) is 17.1 Å². The molecule has 0 atom stereocenters. The Morgan fingerprint density at radius 2 is 2.04 bits per heavy atom. The number of nitrogens with zero attached hydrogens (tertiary/aromatic N) is 1. The molecule has 5 nitrogen and oxygen atoms in total. The molecule has 3 aromatic rings. The van der Waals surface area contributed by atoms with E-state index in [9.17, 15) is 9.18 Å². The van der Waals surface area contributed by atoms with Crippen molar-refractivity contribution in [2.45, 2.75) is 13.8 Å². The number of rotatable bonds is 6. The van der Waals surface area contributed by atoms with Gasteiger partial charge in [0.15, 0.2) is 0 Å². The third kappa shape index (κ3) is 4.28. The van der Waals surface area contributed by atoms with Gasteiger partial charge in [0.2, 0.25) is 0 Å². The Kier molecular flexibility index (Phi) is 5.76. The van der Waals surface area contributed by atoms with Gasteiger partial charge < -0.3 is 14.6 Å². The summed E-state index contributed by atoms with van der Waals surface area (Å²) in [6.07, 6.45) is 0. The van der Waals surface area contributed by atoms with E-state index in [-0.39, 0.29) is 40.8 Å². The maximum absolute atomic E-state index is 14.2. The molecule has 0 aliphatic carbocycles. The second kappa shape index (κ2) is 8.22. The number of amides is 1. The summed E-state index contributed by atoms with van der Waals surface area (Å²) in [6, 6.07) is 11.9. The lowest BCUT2D eigenvalue weighted by molar-refractivity contribution is 0.0946. The first-order valence-electron chi connectivity index (χ1n) is 8.35. The molecule has 1 N–H and O–H groups in total. The van der Waals surface area contributed by atoms with Gasteiger partial charge in [0, 0.05) is 0 Å². The molecule has 140 valence electrons. The molecule has 1 aromatic heterocycles. The van der Waals surface area contributed by atoms with Crippen LogP contribution in [0, 0.1) is 19.7 Å². The van der Waals surface area contributed by atoms with Gasteiger partial charge in [-0.1, -0.05) is 35.0 Å². The van der Waals surface area contributed by atoms with E-state index in [1.807, 2.05) is 31.2 Å². The lowest BCUT2D eigenvalue weighted by Crippen LogP contribution is -2.28.